The molecule has 3 heterocycles. The number of carbonyl (C=O) groups is 5. The second-order valence-electron chi connectivity index (χ2n) is 17.4. The van der Waals surface area contributed by atoms with Crippen LogP contribution in [0, 0.1) is 5.92 Å². The van der Waals surface area contributed by atoms with Gasteiger partial charge in [0.15, 0.2) is 5.96 Å². The summed E-state index contributed by atoms with van der Waals surface area (Å²) in [6.07, 6.45) is 1.51. The number of hydrogen-bond donors (Lipinski definition) is 12. The number of primary amides is 1. The van der Waals surface area contributed by atoms with Gasteiger partial charge in [0, 0.05) is 61.8 Å². The first-order chi connectivity index (χ1) is 31.2. The van der Waals surface area contributed by atoms with Gasteiger partial charge in [-0.15, -0.1) is 0 Å². The number of aliphatic imine (C=N–C) groups is 1. The second-order valence-corrected chi connectivity index (χ2v) is 17.4. The minimum atomic E-state index is -1.51. The van der Waals surface area contributed by atoms with Crippen LogP contribution in [0.1, 0.15) is 82.3 Å². The molecule has 9 atom stereocenters. The number of aliphatic hydroxyl groups excluding tert-OH is 3. The molecular formula is C46H69N11O8. The Bertz CT molecular complexity index is 2050. The highest BCUT2D eigenvalue weighted by molar-refractivity contribution is 5.93. The van der Waals surface area contributed by atoms with Gasteiger partial charge in [0.2, 0.25) is 23.6 Å². The average molecular weight is 904 g/mol. The van der Waals surface area contributed by atoms with Crippen LogP contribution < -0.4 is 43.8 Å². The number of para-hydroxylation sites is 1. The topological polar surface area (TPSA) is 316 Å². The molecule has 3 aromatic rings. The van der Waals surface area contributed by atoms with Crippen molar-refractivity contribution < 1.29 is 39.3 Å². The average Bonchev–Trinajstić information content (AvgIpc) is 3.89. The fraction of sp³-hybridized carbons (Fsp3) is 0.565. The van der Waals surface area contributed by atoms with Crippen molar-refractivity contribution >= 4 is 46.3 Å². The van der Waals surface area contributed by atoms with Crippen molar-refractivity contribution in [1.82, 2.24) is 36.5 Å². The number of ketones is 1. The summed E-state index contributed by atoms with van der Waals surface area (Å²) in [4.78, 5) is 76.6. The number of guanidine groups is 1. The summed E-state index contributed by atoms with van der Waals surface area (Å²) in [7, 11) is 0. The van der Waals surface area contributed by atoms with Gasteiger partial charge >= 0.3 is 0 Å². The summed E-state index contributed by atoms with van der Waals surface area (Å²) in [6, 6.07) is 11.4. The summed E-state index contributed by atoms with van der Waals surface area (Å²) < 4.78 is 0. The third kappa shape index (κ3) is 15.6. The van der Waals surface area contributed by atoms with Crippen molar-refractivity contribution in [3.63, 3.8) is 0 Å². The highest BCUT2D eigenvalue weighted by Crippen LogP contribution is 2.24. The van der Waals surface area contributed by atoms with Gasteiger partial charge in [0.05, 0.1) is 24.2 Å². The highest BCUT2D eigenvalue weighted by Gasteiger charge is 2.42. The van der Waals surface area contributed by atoms with Crippen LogP contribution in [0.25, 0.3) is 10.9 Å². The Kier molecular flexibility index (Phi) is 19.7. The van der Waals surface area contributed by atoms with E-state index >= 15 is 0 Å². The van der Waals surface area contributed by atoms with Crippen LogP contribution in [-0.2, 0) is 36.8 Å². The number of aromatic amines is 1. The third-order valence-electron chi connectivity index (χ3n) is 12.2. The van der Waals surface area contributed by atoms with E-state index in [1.165, 1.54) is 4.90 Å². The van der Waals surface area contributed by atoms with Gasteiger partial charge < -0.3 is 58.4 Å². The summed E-state index contributed by atoms with van der Waals surface area (Å²) >= 11 is 0. The number of fused-ring (bicyclic) bond motifs is 2. The van der Waals surface area contributed by atoms with Crippen LogP contribution in [0.5, 0.6) is 0 Å². The van der Waals surface area contributed by atoms with E-state index in [2.05, 4.69) is 36.6 Å². The first kappa shape index (κ1) is 50.6. The van der Waals surface area contributed by atoms with E-state index < -0.39 is 72.4 Å². The van der Waals surface area contributed by atoms with Crippen molar-refractivity contribution in [3.05, 3.63) is 71.9 Å². The van der Waals surface area contributed by atoms with Crippen LogP contribution in [-0.4, -0.2) is 136 Å². The van der Waals surface area contributed by atoms with Gasteiger partial charge in [0.1, 0.15) is 30.3 Å². The van der Waals surface area contributed by atoms with Gasteiger partial charge in [-0.3, -0.25) is 39.6 Å². The maximum Gasteiger partial charge on any atom is 0.243 e. The summed E-state index contributed by atoms with van der Waals surface area (Å²) in [6.45, 7) is 3.02. The molecule has 1 aromatic heterocycles. The molecule has 356 valence electrons. The smallest absolute Gasteiger partial charge is 0.243 e. The van der Waals surface area contributed by atoms with Crippen LogP contribution in [0.15, 0.2) is 65.8 Å². The number of hydrogen-bond acceptors (Lipinski definition) is 12. The minimum Gasteiger partial charge on any atom is -0.391 e. The number of aromatic nitrogens is 1. The Morgan fingerprint density at radius 3 is 2.29 bits per heavy atom. The molecule has 5 unspecified atom stereocenters. The Hall–Kier alpha value is -5.44. The van der Waals surface area contributed by atoms with Crippen LogP contribution >= 0.6 is 0 Å². The molecule has 2 saturated heterocycles. The van der Waals surface area contributed by atoms with E-state index in [4.69, 9.17) is 17.2 Å². The number of aliphatic hydroxyl groups is 3. The summed E-state index contributed by atoms with van der Waals surface area (Å²) in [5.74, 6) is -3.03. The molecule has 0 spiro atoms. The first-order valence-corrected chi connectivity index (χ1v) is 22.8. The Balaban J connectivity index is 1.47. The zero-order valence-corrected chi connectivity index (χ0v) is 37.3. The van der Waals surface area contributed by atoms with E-state index in [0.717, 1.165) is 22.0 Å². The second kappa shape index (κ2) is 25.3. The molecule has 4 amide bonds. The molecule has 5 rings (SSSR count). The van der Waals surface area contributed by atoms with Gasteiger partial charge in [-0.1, -0.05) is 61.9 Å². The lowest BCUT2D eigenvalue weighted by molar-refractivity contribution is -0.142. The Morgan fingerprint density at radius 1 is 0.815 bits per heavy atom. The number of H-pyrrole nitrogens is 1. The van der Waals surface area contributed by atoms with E-state index in [1.807, 2.05) is 36.5 Å². The van der Waals surface area contributed by atoms with Crippen molar-refractivity contribution in [2.24, 2.45) is 28.1 Å². The van der Waals surface area contributed by atoms with Crippen molar-refractivity contribution in [2.45, 2.75) is 133 Å². The molecule has 65 heavy (non-hydrogen) atoms. The molecule has 2 aromatic carbocycles. The molecule has 2 fully saturated rings. The highest BCUT2D eigenvalue weighted by atomic mass is 16.3. The number of amides is 4. The van der Waals surface area contributed by atoms with Crippen LogP contribution in [0.4, 0.5) is 0 Å². The molecular weight excluding hydrogens is 835 g/mol. The molecule has 19 heteroatoms. The van der Waals surface area contributed by atoms with E-state index in [1.54, 1.807) is 31.2 Å². The lowest BCUT2D eigenvalue weighted by Gasteiger charge is -2.34. The lowest BCUT2D eigenvalue weighted by atomic mass is 9.99. The van der Waals surface area contributed by atoms with Crippen molar-refractivity contribution in [3.8, 4) is 0 Å². The third-order valence-corrected chi connectivity index (χ3v) is 12.2. The summed E-state index contributed by atoms with van der Waals surface area (Å²) in [5.41, 5.74) is 19.4. The van der Waals surface area contributed by atoms with E-state index in [0.29, 0.717) is 51.6 Å². The molecule has 19 nitrogen and oxygen atoms in total. The van der Waals surface area contributed by atoms with Gasteiger partial charge in [-0.05, 0) is 75.2 Å². The van der Waals surface area contributed by atoms with Gasteiger partial charge in [-0.25, -0.2) is 0 Å². The SMILES string of the molecule is C[C@H]1CCC(=O)CCCNCCCCC(C(N)=O)NC(O)C(Cc2c[nH]c3ccccc23)NC(O)C(CCCN=C(N)N)NC(=O)[C@@H](Cc2ccccc2)NC(=O)[C@@H]2C[C@@H](O)CN2C1=O. The predicted molar refractivity (Wildman–Crippen MR) is 246 cm³/mol. The first-order valence-electron chi connectivity index (χ1n) is 22.8. The number of Topliss-reactive ketones (excluding diaryl/α,β-unsaturated/α-hetero) is 1. The molecule has 15 N–H and O–H groups in total. The maximum absolute atomic E-state index is 14.5. The minimum absolute atomic E-state index is 0.0143. The molecule has 0 radical (unpaired) electrons. The fourth-order valence-electron chi connectivity index (χ4n) is 8.55. The maximum atomic E-state index is 14.5. The van der Waals surface area contributed by atoms with Crippen LogP contribution in [0.2, 0.25) is 0 Å². The predicted octanol–water partition coefficient (Wildman–Crippen LogP) is -0.484. The zero-order valence-electron chi connectivity index (χ0n) is 37.3. The normalized spacial score (nSPS) is 27.9. The number of nitrogens with one attached hydrogen (secondary N) is 6. The van der Waals surface area contributed by atoms with Gasteiger partial charge in [0.25, 0.3) is 0 Å². The van der Waals surface area contributed by atoms with E-state index in [9.17, 15) is 39.3 Å². The monoisotopic (exact) mass is 904 g/mol. The Labute approximate surface area is 380 Å². The largest absolute Gasteiger partial charge is 0.391 e. The van der Waals surface area contributed by atoms with E-state index in [-0.39, 0.29) is 69.3 Å². The van der Waals surface area contributed by atoms with Crippen molar-refractivity contribution in [2.75, 3.05) is 26.2 Å². The Morgan fingerprint density at radius 2 is 1.54 bits per heavy atom. The standard InChI is InChI=1S/C46H69N11O8/c1-28-18-19-31(58)13-9-21-50-20-8-7-16-35(40(47)60)53-43(63)38(24-30-26-52-34-15-6-5-14-33(30)34)55-41(61)36(17-10-22-51-46(48)49)54-42(62)37(23-29-11-3-2-4-12-29)56-44(64)39-25-32(59)27-57(39)45(28)65/h2-6,11-12,14-15,26,28,32,35-39,41,43,50,52-53,55,59,61,63H,7-10,13,16-25,27H2,1H3,(H2,47,60)(H,54,62)(H,56,64)(H4,48,49,51)/t28-,32+,35?,36?,37+,38?,39-,41?,43?/m0/s1. The number of nitrogens with two attached hydrogens (primary N) is 3. The van der Waals surface area contributed by atoms with Gasteiger partial charge in [-0.2, -0.15) is 0 Å². The van der Waals surface area contributed by atoms with Crippen molar-refractivity contribution in [1.29, 1.82) is 0 Å². The molecule has 0 aliphatic carbocycles. The molecule has 0 bridgehead atoms. The lowest BCUT2D eigenvalue weighted by Crippen LogP contribution is -2.62. The quantitative estimate of drug-likeness (QED) is 0.0735. The molecule has 2 aliphatic rings. The molecule has 0 saturated carbocycles. The van der Waals surface area contributed by atoms with Crippen LogP contribution in [0.3, 0.4) is 0 Å². The fourth-order valence-corrected chi connectivity index (χ4v) is 8.55. The number of benzene rings is 2. The zero-order chi connectivity index (χ0) is 46.9. The summed E-state index contributed by atoms with van der Waals surface area (Å²) in [5, 5.41) is 50.7. The number of carbonyl (C=O) groups excluding carboxylic acids is 5. The number of nitrogens with zero attached hydrogens (tertiary/aromatic N) is 2. The molecule has 2 aliphatic heterocycles. The number of rotatable bonds is 9.